The van der Waals surface area contributed by atoms with E-state index in [0.29, 0.717) is 58.1 Å². The van der Waals surface area contributed by atoms with Crippen LogP contribution in [0, 0.1) is 0 Å². The van der Waals surface area contributed by atoms with Crippen molar-refractivity contribution in [1.82, 2.24) is 16.1 Å². The number of nitrogens with one attached hydrogen (secondary N) is 3. The lowest BCUT2D eigenvalue weighted by molar-refractivity contribution is -0.136. The van der Waals surface area contributed by atoms with Gasteiger partial charge in [-0.2, -0.15) is 5.10 Å². The number of halogens is 1. The van der Waals surface area contributed by atoms with Crippen LogP contribution < -0.4 is 35.0 Å². The number of benzene rings is 3. The predicted molar refractivity (Wildman–Crippen MR) is 172 cm³/mol. The number of allylic oxidation sites excluding steroid dienone is 1. The second-order valence-corrected chi connectivity index (χ2v) is 10.3. The number of aliphatic hydroxyl groups is 1. The number of methoxy groups -OCH3 is 1. The summed E-state index contributed by atoms with van der Waals surface area (Å²) in [6.07, 6.45) is 0.376. The molecule has 46 heavy (non-hydrogen) atoms. The third-order valence-corrected chi connectivity index (χ3v) is 7.09. The number of amides is 2. The molecule has 244 valence electrons. The van der Waals surface area contributed by atoms with Gasteiger partial charge in [-0.15, -0.1) is 0 Å². The molecule has 2 atom stereocenters. The minimum Gasteiger partial charge on any atom is -0.490 e. The lowest BCUT2D eigenvalue weighted by Crippen LogP contribution is -2.45. The van der Waals surface area contributed by atoms with E-state index >= 15 is 0 Å². The quantitative estimate of drug-likeness (QED) is 0.0783. The van der Waals surface area contributed by atoms with Gasteiger partial charge in [-0.25, -0.2) is 9.59 Å². The molecule has 4 rings (SSSR count). The van der Waals surface area contributed by atoms with Gasteiger partial charge in [0.15, 0.2) is 29.2 Å². The van der Waals surface area contributed by atoms with Crippen molar-refractivity contribution in [3.8, 4) is 23.0 Å². The Morgan fingerprint density at radius 2 is 1.70 bits per heavy atom. The van der Waals surface area contributed by atoms with E-state index in [4.69, 9.17) is 35.3 Å². The van der Waals surface area contributed by atoms with Gasteiger partial charge >= 0.3 is 12.0 Å². The van der Waals surface area contributed by atoms with E-state index in [2.05, 4.69) is 21.2 Å². The molecule has 0 unspecified atom stereocenters. The fourth-order valence-corrected chi connectivity index (χ4v) is 4.77. The number of rotatable bonds is 15. The first-order chi connectivity index (χ1) is 22.2. The monoisotopic (exact) mass is 652 g/mol. The van der Waals surface area contributed by atoms with Crippen LogP contribution in [0.4, 0.5) is 4.79 Å². The van der Waals surface area contributed by atoms with Gasteiger partial charge < -0.3 is 39.4 Å². The SMILES string of the molecule is CCOc1cc(/C=N\N[C@@H](O)COc2ccc([C@H]3NC(=O)NC(C)=C3C(=O)OC)cc2OCC)ccc1OCc1ccccc1Cl. The number of hydrogen-bond donors (Lipinski definition) is 4. The summed E-state index contributed by atoms with van der Waals surface area (Å²) in [6.45, 7) is 6.21. The molecule has 1 aliphatic rings. The van der Waals surface area contributed by atoms with Crippen molar-refractivity contribution in [2.45, 2.75) is 39.6 Å². The first-order valence-corrected chi connectivity index (χ1v) is 15.0. The summed E-state index contributed by atoms with van der Waals surface area (Å²) in [6, 6.07) is 16.6. The highest BCUT2D eigenvalue weighted by Crippen LogP contribution is 2.35. The number of esters is 1. The van der Waals surface area contributed by atoms with Gasteiger partial charge in [-0.3, -0.25) is 5.43 Å². The van der Waals surface area contributed by atoms with Crippen molar-refractivity contribution < 1.29 is 38.4 Å². The summed E-state index contributed by atoms with van der Waals surface area (Å²) in [5.74, 6) is 1.25. The Balaban J connectivity index is 1.38. The van der Waals surface area contributed by atoms with Gasteiger partial charge in [0.05, 0.1) is 38.2 Å². The number of hydrazone groups is 1. The largest absolute Gasteiger partial charge is 0.490 e. The summed E-state index contributed by atoms with van der Waals surface area (Å²) in [7, 11) is 1.27. The summed E-state index contributed by atoms with van der Waals surface area (Å²) >= 11 is 6.24. The number of nitrogens with zero attached hydrogens (tertiary/aromatic N) is 1. The molecule has 0 saturated heterocycles. The van der Waals surface area contributed by atoms with E-state index < -0.39 is 24.3 Å². The number of urea groups is 1. The Kier molecular flexibility index (Phi) is 12.1. The summed E-state index contributed by atoms with van der Waals surface area (Å²) in [5.41, 5.74) is 5.44. The van der Waals surface area contributed by atoms with Crippen LogP contribution in [0.2, 0.25) is 5.02 Å². The smallest absolute Gasteiger partial charge is 0.337 e. The van der Waals surface area contributed by atoms with Crippen LogP contribution in [0.15, 0.2) is 77.0 Å². The Bertz CT molecular complexity index is 1600. The van der Waals surface area contributed by atoms with Gasteiger partial charge in [-0.05, 0) is 68.3 Å². The van der Waals surface area contributed by atoms with E-state index in [0.717, 1.165) is 5.56 Å². The molecule has 0 radical (unpaired) electrons. The molecular formula is C33H37ClN4O8. The number of ether oxygens (including phenoxy) is 5. The van der Waals surface area contributed by atoms with Crippen LogP contribution in [-0.4, -0.2) is 56.5 Å². The zero-order chi connectivity index (χ0) is 33.1. The topological polar surface area (TPSA) is 149 Å². The Hall–Kier alpha value is -4.94. The second kappa shape index (κ2) is 16.4. The molecule has 0 aliphatic carbocycles. The van der Waals surface area contributed by atoms with Crippen LogP contribution in [0.5, 0.6) is 23.0 Å². The average molecular weight is 653 g/mol. The highest BCUT2D eigenvalue weighted by Gasteiger charge is 2.32. The number of carbonyl (C=O) groups is 2. The van der Waals surface area contributed by atoms with Crippen LogP contribution in [-0.2, 0) is 16.1 Å². The van der Waals surface area contributed by atoms with Gasteiger partial charge in [0.25, 0.3) is 0 Å². The lowest BCUT2D eigenvalue weighted by Gasteiger charge is -2.28. The summed E-state index contributed by atoms with van der Waals surface area (Å²) in [4.78, 5) is 24.6. The molecule has 3 aromatic rings. The Morgan fingerprint density at radius 3 is 2.41 bits per heavy atom. The third kappa shape index (κ3) is 8.83. The van der Waals surface area contributed by atoms with E-state index in [1.165, 1.54) is 13.3 Å². The maximum absolute atomic E-state index is 12.5. The molecule has 0 fully saturated rings. The molecule has 0 saturated carbocycles. The summed E-state index contributed by atoms with van der Waals surface area (Å²) in [5, 5.41) is 20.6. The minimum absolute atomic E-state index is 0.160. The number of carbonyl (C=O) groups excluding carboxylic acids is 2. The molecule has 13 heteroatoms. The maximum atomic E-state index is 12.5. The fraction of sp³-hybridized carbons (Fsp3) is 0.303. The summed E-state index contributed by atoms with van der Waals surface area (Å²) < 4.78 is 28.2. The normalized spacial score (nSPS) is 15.1. The Morgan fingerprint density at radius 1 is 1.00 bits per heavy atom. The fourth-order valence-electron chi connectivity index (χ4n) is 4.58. The van der Waals surface area contributed by atoms with Crippen molar-refractivity contribution in [1.29, 1.82) is 0 Å². The minimum atomic E-state index is -1.16. The van der Waals surface area contributed by atoms with Gasteiger partial charge in [0.1, 0.15) is 13.2 Å². The van der Waals surface area contributed by atoms with Crippen molar-refractivity contribution in [2.24, 2.45) is 5.10 Å². The zero-order valence-electron chi connectivity index (χ0n) is 26.0. The highest BCUT2D eigenvalue weighted by molar-refractivity contribution is 6.31. The van der Waals surface area contributed by atoms with Crippen molar-refractivity contribution >= 4 is 29.8 Å². The standard InChI is InChI=1S/C33H37ClN4O8/c1-5-43-27-15-21(11-13-25(27)45-18-23-9-7-8-10-24(23)34)17-35-38-29(39)19-46-26-14-12-22(16-28(26)44-6-2)31-30(32(40)42-4)20(3)36-33(41)37-31/h7-17,29,31,38-39H,5-6,18-19H2,1-4H3,(H2,36,37,41)/b35-17-/t29-,31+/m0/s1. The molecule has 0 spiro atoms. The average Bonchev–Trinajstić information content (AvgIpc) is 3.04. The zero-order valence-corrected chi connectivity index (χ0v) is 26.7. The molecule has 0 bridgehead atoms. The first kappa shape index (κ1) is 33.9. The van der Waals surface area contributed by atoms with Crippen molar-refractivity contribution in [3.63, 3.8) is 0 Å². The van der Waals surface area contributed by atoms with E-state index in [-0.39, 0.29) is 18.8 Å². The molecule has 12 nitrogen and oxygen atoms in total. The van der Waals surface area contributed by atoms with Crippen LogP contribution in [0.25, 0.3) is 0 Å². The molecule has 0 aromatic heterocycles. The van der Waals surface area contributed by atoms with Gasteiger partial charge in [0, 0.05) is 16.3 Å². The van der Waals surface area contributed by atoms with Crippen molar-refractivity contribution in [3.05, 3.63) is 93.6 Å². The lowest BCUT2D eigenvalue weighted by atomic mass is 9.95. The van der Waals surface area contributed by atoms with Crippen molar-refractivity contribution in [2.75, 3.05) is 26.9 Å². The molecule has 1 aliphatic heterocycles. The van der Waals surface area contributed by atoms with Crippen LogP contribution >= 0.6 is 11.6 Å². The number of hydrogen-bond acceptors (Lipinski definition) is 10. The van der Waals surface area contributed by atoms with E-state index in [9.17, 15) is 14.7 Å². The molecular weight excluding hydrogens is 616 g/mol. The van der Waals surface area contributed by atoms with Gasteiger partial charge in [0.2, 0.25) is 0 Å². The predicted octanol–water partition coefficient (Wildman–Crippen LogP) is 4.84. The van der Waals surface area contributed by atoms with E-state index in [1.807, 2.05) is 44.2 Å². The third-order valence-electron chi connectivity index (χ3n) is 6.72. The van der Waals surface area contributed by atoms with E-state index in [1.54, 1.807) is 37.3 Å². The number of aliphatic hydroxyl groups excluding tert-OH is 1. The Labute approximate surface area is 272 Å². The molecule has 2 amide bonds. The van der Waals surface area contributed by atoms with Crippen LogP contribution in [0.3, 0.4) is 0 Å². The molecule has 1 heterocycles. The highest BCUT2D eigenvalue weighted by atomic mass is 35.5. The van der Waals surface area contributed by atoms with Gasteiger partial charge in [-0.1, -0.05) is 35.9 Å². The first-order valence-electron chi connectivity index (χ1n) is 14.6. The second-order valence-electron chi connectivity index (χ2n) is 9.93. The van der Waals surface area contributed by atoms with Crippen LogP contribution in [0.1, 0.15) is 43.5 Å². The maximum Gasteiger partial charge on any atom is 0.337 e. The molecule has 4 N–H and O–H groups in total. The molecule has 3 aromatic carbocycles.